The molecule has 3 aliphatic heterocycles. The van der Waals surface area contributed by atoms with Crippen molar-refractivity contribution in [1.82, 2.24) is 0 Å². The molecule has 36 heavy (non-hydrogen) atoms. The van der Waals surface area contributed by atoms with Crippen LogP contribution in [-0.2, 0) is 28.5 Å². The zero-order chi connectivity index (χ0) is 25.9. The van der Waals surface area contributed by atoms with E-state index in [0.717, 1.165) is 57.8 Å². The monoisotopic (exact) mass is 510 g/mol. The lowest BCUT2D eigenvalue weighted by Gasteiger charge is -2.39. The van der Waals surface area contributed by atoms with Crippen LogP contribution in [0.3, 0.4) is 0 Å². The Kier molecular flexibility index (Phi) is 12.7. The molecule has 0 spiro atoms. The molecule has 0 aromatic carbocycles. The largest absolute Gasteiger partial charge is 0.462 e. The zero-order valence-electron chi connectivity index (χ0n) is 22.9. The maximum Gasteiger partial charge on any atom is 0.306 e. The Morgan fingerprint density at radius 2 is 1.58 bits per heavy atom. The van der Waals surface area contributed by atoms with Gasteiger partial charge in [-0.3, -0.25) is 4.79 Å². The van der Waals surface area contributed by atoms with Crippen LogP contribution in [0.4, 0.5) is 0 Å². The fraction of sp³-hybridized carbons (Fsp3) is 0.897. The number of unbranched alkanes of at least 4 members (excludes halogenated alkanes) is 1. The average Bonchev–Trinajstić information content (AvgIpc) is 2.81. The molecule has 3 unspecified atom stereocenters. The number of carbonyl (C=O) groups is 1. The van der Waals surface area contributed by atoms with Crippen LogP contribution >= 0.6 is 0 Å². The molecule has 7 nitrogen and oxygen atoms in total. The fourth-order valence-electron chi connectivity index (χ4n) is 5.66. The molecular weight excluding hydrogens is 460 g/mol. The molecule has 3 rings (SSSR count). The van der Waals surface area contributed by atoms with Gasteiger partial charge in [0.05, 0.1) is 36.6 Å². The first kappa shape index (κ1) is 29.6. The van der Waals surface area contributed by atoms with Crippen LogP contribution < -0.4 is 0 Å². The first-order chi connectivity index (χ1) is 17.3. The summed E-state index contributed by atoms with van der Waals surface area (Å²) in [5.41, 5.74) is 0. The predicted molar refractivity (Wildman–Crippen MR) is 139 cm³/mol. The first-order valence-corrected chi connectivity index (χ1v) is 14.4. The van der Waals surface area contributed by atoms with Crippen molar-refractivity contribution < 1.29 is 33.6 Å². The minimum Gasteiger partial charge on any atom is -0.462 e. The van der Waals surface area contributed by atoms with Crippen molar-refractivity contribution in [3.8, 4) is 0 Å². The number of hydrogen-bond donors (Lipinski definition) is 1. The Labute approximate surface area is 218 Å². The summed E-state index contributed by atoms with van der Waals surface area (Å²) >= 11 is 0. The van der Waals surface area contributed by atoms with E-state index in [4.69, 9.17) is 23.7 Å². The van der Waals surface area contributed by atoms with E-state index in [1.165, 1.54) is 0 Å². The van der Waals surface area contributed by atoms with Gasteiger partial charge in [0.1, 0.15) is 6.10 Å². The molecule has 0 amide bonds. The SMILES string of the molecule is CCCCC(=O)O[C@@H]1CC2C[C@H](OC)CC3CCC[C@H](C[C@@H](/C=C/CC(C)C)OC(O)C[C@H](C1)O2)O3. The predicted octanol–water partition coefficient (Wildman–Crippen LogP) is 5.47. The van der Waals surface area contributed by atoms with Gasteiger partial charge in [0.25, 0.3) is 0 Å². The molecule has 4 bridgehead atoms. The van der Waals surface area contributed by atoms with E-state index >= 15 is 0 Å². The van der Waals surface area contributed by atoms with Gasteiger partial charge in [0.15, 0.2) is 6.29 Å². The number of aliphatic hydroxyl groups is 1. The molecule has 3 fully saturated rings. The van der Waals surface area contributed by atoms with Crippen LogP contribution in [0.2, 0.25) is 0 Å². The third-order valence-corrected chi connectivity index (χ3v) is 7.54. The van der Waals surface area contributed by atoms with Gasteiger partial charge in [0, 0.05) is 39.2 Å². The second-order valence-corrected chi connectivity index (χ2v) is 11.4. The summed E-state index contributed by atoms with van der Waals surface area (Å²) in [5.74, 6) is 0.420. The smallest absolute Gasteiger partial charge is 0.306 e. The van der Waals surface area contributed by atoms with Gasteiger partial charge in [-0.2, -0.15) is 0 Å². The lowest BCUT2D eigenvalue weighted by atomic mass is 9.91. The van der Waals surface area contributed by atoms with Crippen LogP contribution in [0.15, 0.2) is 12.2 Å². The fourth-order valence-corrected chi connectivity index (χ4v) is 5.66. The minimum atomic E-state index is -0.959. The van der Waals surface area contributed by atoms with Crippen molar-refractivity contribution in [3.63, 3.8) is 0 Å². The maximum atomic E-state index is 12.4. The Morgan fingerprint density at radius 3 is 2.28 bits per heavy atom. The third kappa shape index (κ3) is 10.4. The lowest BCUT2D eigenvalue weighted by molar-refractivity contribution is -0.191. The number of rotatable bonds is 8. The summed E-state index contributed by atoms with van der Waals surface area (Å²) in [6, 6.07) is 0. The summed E-state index contributed by atoms with van der Waals surface area (Å²) in [7, 11) is 1.75. The second-order valence-electron chi connectivity index (χ2n) is 11.4. The minimum absolute atomic E-state index is 0.0137. The van der Waals surface area contributed by atoms with Gasteiger partial charge >= 0.3 is 5.97 Å². The summed E-state index contributed by atoms with van der Waals surface area (Å²) in [5, 5.41) is 10.9. The molecule has 7 heteroatoms. The van der Waals surface area contributed by atoms with Crippen molar-refractivity contribution >= 4 is 5.97 Å². The molecule has 208 valence electrons. The molecular formula is C29H50O7. The standard InChI is InChI=1S/C29H50O7/c1-5-6-13-28(30)36-26-17-25-16-24(32-4)15-22-12-8-11-21(33-22)14-23(10-7-9-20(2)3)35-29(31)19-27(18-26)34-25/h7,10,20-27,29,31H,5-6,8-9,11-19H2,1-4H3/b10-7+/t21-,22?,23-,24-,25?,26-,27+,29?/m1/s1. The molecule has 1 N–H and O–H groups in total. The molecule has 8 atom stereocenters. The summed E-state index contributed by atoms with van der Waals surface area (Å²) in [6.45, 7) is 6.45. The summed E-state index contributed by atoms with van der Waals surface area (Å²) in [4.78, 5) is 12.4. The quantitative estimate of drug-likeness (QED) is 0.342. The van der Waals surface area contributed by atoms with E-state index in [-0.39, 0.29) is 48.7 Å². The molecule has 3 saturated heterocycles. The van der Waals surface area contributed by atoms with Gasteiger partial charge in [-0.05, 0) is 50.9 Å². The maximum absolute atomic E-state index is 12.4. The van der Waals surface area contributed by atoms with Crippen LogP contribution in [0.25, 0.3) is 0 Å². The second kappa shape index (κ2) is 15.4. The van der Waals surface area contributed by atoms with Crippen molar-refractivity contribution in [2.75, 3.05) is 7.11 Å². The van der Waals surface area contributed by atoms with E-state index in [1.807, 2.05) is 0 Å². The highest BCUT2D eigenvalue weighted by Gasteiger charge is 2.36. The number of methoxy groups -OCH3 is 1. The van der Waals surface area contributed by atoms with E-state index in [1.54, 1.807) is 7.11 Å². The molecule has 3 heterocycles. The van der Waals surface area contributed by atoms with Crippen molar-refractivity contribution in [2.45, 2.75) is 153 Å². The summed E-state index contributed by atoms with van der Waals surface area (Å²) < 4.78 is 30.8. The van der Waals surface area contributed by atoms with Gasteiger partial charge in [0.2, 0.25) is 0 Å². The Balaban J connectivity index is 1.74. The number of carbonyl (C=O) groups excluding carboxylic acids is 1. The van der Waals surface area contributed by atoms with E-state index in [0.29, 0.717) is 31.6 Å². The average molecular weight is 511 g/mol. The van der Waals surface area contributed by atoms with Crippen LogP contribution in [0.5, 0.6) is 0 Å². The van der Waals surface area contributed by atoms with Crippen molar-refractivity contribution in [3.05, 3.63) is 12.2 Å². The topological polar surface area (TPSA) is 83.5 Å². The van der Waals surface area contributed by atoms with Crippen LogP contribution in [0.1, 0.15) is 104 Å². The van der Waals surface area contributed by atoms with Gasteiger partial charge in [-0.15, -0.1) is 0 Å². The van der Waals surface area contributed by atoms with Crippen molar-refractivity contribution in [1.29, 1.82) is 0 Å². The summed E-state index contributed by atoms with van der Waals surface area (Å²) in [6.07, 6.45) is 13.0. The number of aliphatic hydroxyl groups excluding tert-OH is 1. The highest BCUT2D eigenvalue weighted by Crippen LogP contribution is 2.33. The van der Waals surface area contributed by atoms with Gasteiger partial charge < -0.3 is 28.8 Å². The highest BCUT2D eigenvalue weighted by molar-refractivity contribution is 5.69. The molecule has 3 aliphatic rings. The Bertz CT molecular complexity index is 666. The Hall–Kier alpha value is -0.990. The molecule has 0 aliphatic carbocycles. The number of fused-ring (bicyclic) bond motifs is 4. The Morgan fingerprint density at radius 1 is 0.944 bits per heavy atom. The number of esters is 1. The molecule has 0 aromatic heterocycles. The van der Waals surface area contributed by atoms with Gasteiger partial charge in [-0.1, -0.05) is 39.3 Å². The van der Waals surface area contributed by atoms with Crippen molar-refractivity contribution in [2.24, 2.45) is 5.92 Å². The van der Waals surface area contributed by atoms with E-state index in [9.17, 15) is 9.90 Å². The zero-order valence-corrected chi connectivity index (χ0v) is 22.9. The third-order valence-electron chi connectivity index (χ3n) is 7.54. The normalized spacial score (nSPS) is 36.5. The number of hydrogen-bond acceptors (Lipinski definition) is 7. The van der Waals surface area contributed by atoms with E-state index < -0.39 is 6.29 Å². The van der Waals surface area contributed by atoms with Gasteiger partial charge in [-0.25, -0.2) is 0 Å². The number of ether oxygens (including phenoxy) is 5. The molecule has 0 aromatic rings. The lowest BCUT2D eigenvalue weighted by Crippen LogP contribution is -2.43. The number of allylic oxidation sites excluding steroid dienone is 1. The molecule has 0 saturated carbocycles. The van der Waals surface area contributed by atoms with Crippen LogP contribution in [-0.4, -0.2) is 67.2 Å². The highest BCUT2D eigenvalue weighted by atomic mass is 16.6. The van der Waals surface area contributed by atoms with Crippen LogP contribution in [0, 0.1) is 5.92 Å². The van der Waals surface area contributed by atoms with E-state index in [2.05, 4.69) is 32.9 Å². The molecule has 0 radical (unpaired) electrons. The first-order valence-electron chi connectivity index (χ1n) is 14.4.